The van der Waals surface area contributed by atoms with E-state index in [0.29, 0.717) is 0 Å². The van der Waals surface area contributed by atoms with Gasteiger partial charge in [0.25, 0.3) is 0 Å². The van der Waals surface area contributed by atoms with Crippen molar-refractivity contribution >= 4 is 16.5 Å². The van der Waals surface area contributed by atoms with Crippen LogP contribution in [0.25, 0.3) is 0 Å². The lowest BCUT2D eigenvalue weighted by atomic mass is 10.0. The molecule has 1 heterocycles. The number of aryl methyl sites for hydroxylation is 1. The average Bonchev–Trinajstić information content (AvgIpc) is 2.78. The first-order valence-electron chi connectivity index (χ1n) is 5.43. The molecular weight excluding hydrogens is 192 g/mol. The van der Waals surface area contributed by atoms with Gasteiger partial charge >= 0.3 is 0 Å². The molecule has 1 saturated carbocycles. The molecule has 1 aromatic rings. The van der Waals surface area contributed by atoms with Crippen molar-refractivity contribution in [2.45, 2.75) is 39.0 Å². The molecule has 1 aromatic heterocycles. The van der Waals surface area contributed by atoms with Crippen LogP contribution in [-0.4, -0.2) is 12.0 Å². The van der Waals surface area contributed by atoms with Crippen molar-refractivity contribution in [3.8, 4) is 0 Å². The largest absolute Gasteiger partial charge is 0.365 e. The summed E-state index contributed by atoms with van der Waals surface area (Å²) in [6.45, 7) is 2.18. The maximum absolute atomic E-state index is 4.60. The van der Waals surface area contributed by atoms with Crippen LogP contribution < -0.4 is 5.32 Å². The van der Waals surface area contributed by atoms with Crippen molar-refractivity contribution in [2.75, 3.05) is 12.4 Å². The second kappa shape index (κ2) is 4.30. The highest BCUT2D eigenvalue weighted by Gasteiger charge is 2.18. The van der Waals surface area contributed by atoms with Crippen LogP contribution >= 0.6 is 11.3 Å². The van der Waals surface area contributed by atoms with E-state index in [4.69, 9.17) is 0 Å². The van der Waals surface area contributed by atoms with E-state index in [1.807, 2.05) is 7.05 Å². The van der Waals surface area contributed by atoms with E-state index in [1.165, 1.54) is 42.7 Å². The number of aromatic nitrogens is 1. The van der Waals surface area contributed by atoms with Crippen molar-refractivity contribution in [3.05, 3.63) is 10.6 Å². The lowest BCUT2D eigenvalue weighted by Crippen LogP contribution is -2.00. The minimum absolute atomic E-state index is 0.903. The van der Waals surface area contributed by atoms with Crippen LogP contribution in [0.5, 0.6) is 0 Å². The fourth-order valence-electron chi connectivity index (χ4n) is 2.21. The molecule has 0 amide bonds. The van der Waals surface area contributed by atoms with E-state index in [-0.39, 0.29) is 0 Å². The standard InChI is InChI=1S/C11H18N2S/c1-8-10(13-11(12-2)14-8)7-9-5-3-4-6-9/h9H,3-7H2,1-2H3,(H,12,13). The third-order valence-corrected chi connectivity index (χ3v) is 4.09. The number of nitrogens with one attached hydrogen (secondary N) is 1. The van der Waals surface area contributed by atoms with Gasteiger partial charge in [-0.05, 0) is 19.3 Å². The Kier molecular flexibility index (Phi) is 3.06. The van der Waals surface area contributed by atoms with Crippen LogP contribution in [0.3, 0.4) is 0 Å². The van der Waals surface area contributed by atoms with Gasteiger partial charge in [0.05, 0.1) is 5.69 Å². The first-order chi connectivity index (χ1) is 6.79. The zero-order chi connectivity index (χ0) is 9.97. The molecule has 0 bridgehead atoms. The highest BCUT2D eigenvalue weighted by molar-refractivity contribution is 7.15. The van der Waals surface area contributed by atoms with E-state index in [1.54, 1.807) is 11.3 Å². The SMILES string of the molecule is CNc1nc(CC2CCCC2)c(C)s1. The van der Waals surface area contributed by atoms with Crippen molar-refractivity contribution in [2.24, 2.45) is 5.92 Å². The summed E-state index contributed by atoms with van der Waals surface area (Å²) in [6.07, 6.45) is 6.86. The number of anilines is 1. The Balaban J connectivity index is 2.03. The molecule has 3 heteroatoms. The van der Waals surface area contributed by atoms with Gasteiger partial charge in [-0.1, -0.05) is 25.7 Å². The van der Waals surface area contributed by atoms with Gasteiger partial charge in [-0.3, -0.25) is 0 Å². The van der Waals surface area contributed by atoms with Gasteiger partial charge in [0, 0.05) is 11.9 Å². The topological polar surface area (TPSA) is 24.9 Å². The highest BCUT2D eigenvalue weighted by atomic mass is 32.1. The van der Waals surface area contributed by atoms with Gasteiger partial charge in [-0.15, -0.1) is 11.3 Å². The summed E-state index contributed by atoms with van der Waals surface area (Å²) in [4.78, 5) is 5.99. The van der Waals surface area contributed by atoms with Gasteiger partial charge in [0.2, 0.25) is 0 Å². The Labute approximate surface area is 89.8 Å². The zero-order valence-corrected chi connectivity index (χ0v) is 9.78. The van der Waals surface area contributed by atoms with Crippen LogP contribution in [0.4, 0.5) is 5.13 Å². The molecule has 14 heavy (non-hydrogen) atoms. The van der Waals surface area contributed by atoms with E-state index in [0.717, 1.165) is 11.0 Å². The molecule has 0 unspecified atom stereocenters. The average molecular weight is 210 g/mol. The second-order valence-corrected chi connectivity index (χ2v) is 5.33. The van der Waals surface area contributed by atoms with Gasteiger partial charge in [0.1, 0.15) is 0 Å². The number of thiazole rings is 1. The molecule has 0 aliphatic heterocycles. The van der Waals surface area contributed by atoms with Crippen LogP contribution in [0.2, 0.25) is 0 Å². The monoisotopic (exact) mass is 210 g/mol. The molecule has 0 spiro atoms. The molecule has 2 nitrogen and oxygen atoms in total. The van der Waals surface area contributed by atoms with Crippen LogP contribution in [0.15, 0.2) is 0 Å². The predicted octanol–water partition coefficient (Wildman–Crippen LogP) is 3.23. The van der Waals surface area contributed by atoms with Gasteiger partial charge in [0.15, 0.2) is 5.13 Å². The number of nitrogens with zero attached hydrogens (tertiary/aromatic N) is 1. The summed E-state index contributed by atoms with van der Waals surface area (Å²) in [6, 6.07) is 0. The normalized spacial score (nSPS) is 17.6. The first-order valence-corrected chi connectivity index (χ1v) is 6.25. The lowest BCUT2D eigenvalue weighted by Gasteiger charge is -2.06. The summed E-state index contributed by atoms with van der Waals surface area (Å²) in [5.41, 5.74) is 1.33. The Morgan fingerprint density at radius 1 is 1.43 bits per heavy atom. The number of rotatable bonds is 3. The smallest absolute Gasteiger partial charge is 0.182 e. The molecule has 2 rings (SSSR count). The van der Waals surface area contributed by atoms with E-state index in [9.17, 15) is 0 Å². The molecule has 0 radical (unpaired) electrons. The van der Waals surface area contributed by atoms with Gasteiger partial charge in [-0.2, -0.15) is 0 Å². The number of hydrogen-bond acceptors (Lipinski definition) is 3. The molecule has 1 N–H and O–H groups in total. The van der Waals surface area contributed by atoms with Gasteiger partial charge < -0.3 is 5.32 Å². The van der Waals surface area contributed by atoms with Crippen molar-refractivity contribution in [1.29, 1.82) is 0 Å². The van der Waals surface area contributed by atoms with Crippen LogP contribution in [0.1, 0.15) is 36.3 Å². The molecule has 0 saturated heterocycles. The molecule has 0 aromatic carbocycles. The van der Waals surface area contributed by atoms with E-state index < -0.39 is 0 Å². The van der Waals surface area contributed by atoms with Crippen molar-refractivity contribution in [3.63, 3.8) is 0 Å². The maximum Gasteiger partial charge on any atom is 0.182 e. The summed E-state index contributed by atoms with van der Waals surface area (Å²) in [7, 11) is 1.94. The molecular formula is C11H18N2S. The molecule has 1 aliphatic carbocycles. The van der Waals surface area contributed by atoms with Crippen LogP contribution in [0, 0.1) is 12.8 Å². The molecule has 1 fully saturated rings. The predicted molar refractivity (Wildman–Crippen MR) is 62.1 cm³/mol. The highest BCUT2D eigenvalue weighted by Crippen LogP contribution is 2.31. The second-order valence-electron chi connectivity index (χ2n) is 4.13. The van der Waals surface area contributed by atoms with E-state index >= 15 is 0 Å². The Hall–Kier alpha value is -0.570. The van der Waals surface area contributed by atoms with Crippen molar-refractivity contribution < 1.29 is 0 Å². The summed E-state index contributed by atoms with van der Waals surface area (Å²) in [5, 5.41) is 4.19. The molecule has 1 aliphatic rings. The first kappa shape index (κ1) is 9.97. The minimum Gasteiger partial charge on any atom is -0.365 e. The molecule has 78 valence electrons. The van der Waals surface area contributed by atoms with E-state index in [2.05, 4.69) is 17.2 Å². The summed E-state index contributed by atoms with van der Waals surface area (Å²) >= 11 is 1.78. The molecule has 0 atom stereocenters. The minimum atomic E-state index is 0.903. The fourth-order valence-corrected chi connectivity index (χ4v) is 3.01. The quantitative estimate of drug-likeness (QED) is 0.828. The third kappa shape index (κ3) is 2.08. The Bertz CT molecular complexity index is 300. The lowest BCUT2D eigenvalue weighted by molar-refractivity contribution is 0.539. The third-order valence-electron chi connectivity index (χ3n) is 3.06. The maximum atomic E-state index is 4.60. The fraction of sp³-hybridized carbons (Fsp3) is 0.727. The van der Waals surface area contributed by atoms with Gasteiger partial charge in [-0.25, -0.2) is 4.98 Å². The Morgan fingerprint density at radius 3 is 2.71 bits per heavy atom. The summed E-state index contributed by atoms with van der Waals surface area (Å²) < 4.78 is 0. The Morgan fingerprint density at radius 2 is 2.14 bits per heavy atom. The van der Waals surface area contributed by atoms with Crippen molar-refractivity contribution in [1.82, 2.24) is 4.98 Å². The van der Waals surface area contributed by atoms with Crippen LogP contribution in [-0.2, 0) is 6.42 Å². The number of hydrogen-bond donors (Lipinski definition) is 1. The zero-order valence-electron chi connectivity index (χ0n) is 8.97. The summed E-state index contributed by atoms with van der Waals surface area (Å²) in [5.74, 6) is 0.903.